The van der Waals surface area contributed by atoms with Crippen LogP contribution in [0.15, 0.2) is 35.5 Å². The normalized spacial score (nSPS) is 14.2. The maximum Gasteiger partial charge on any atom is 4.00 e. The average molecular weight is 647 g/mol. The SMILES string of the molecule is CCCC1=[C-]CC=C1.CCCC1=[C-]CC=C1.[Hf+4].[I-].[I-]. The zero-order valence-electron chi connectivity index (χ0n) is 11.8. The van der Waals surface area contributed by atoms with E-state index in [1.54, 1.807) is 0 Å². The maximum atomic E-state index is 3.26. The van der Waals surface area contributed by atoms with Crippen molar-refractivity contribution < 1.29 is 73.8 Å². The quantitative estimate of drug-likeness (QED) is 0.208. The van der Waals surface area contributed by atoms with E-state index in [0.29, 0.717) is 0 Å². The van der Waals surface area contributed by atoms with Gasteiger partial charge in [-0.15, -0.1) is 12.8 Å². The number of halogens is 2. The number of hydrogen-bond acceptors (Lipinski definition) is 0. The van der Waals surface area contributed by atoms with Gasteiger partial charge in [-0.25, -0.2) is 23.3 Å². The number of rotatable bonds is 4. The molecular formula is C16H22HfI2. The van der Waals surface area contributed by atoms with Crippen LogP contribution in [0.25, 0.3) is 0 Å². The topological polar surface area (TPSA) is 0 Å². The molecule has 0 radical (unpaired) electrons. The molecule has 0 spiro atoms. The Hall–Kier alpha value is 1.29. The Morgan fingerprint density at radius 2 is 1.21 bits per heavy atom. The van der Waals surface area contributed by atoms with E-state index < -0.39 is 0 Å². The summed E-state index contributed by atoms with van der Waals surface area (Å²) in [6.45, 7) is 4.39. The van der Waals surface area contributed by atoms with Crippen molar-refractivity contribution in [1.29, 1.82) is 0 Å². The van der Waals surface area contributed by atoms with Crippen molar-refractivity contribution >= 4 is 0 Å². The van der Waals surface area contributed by atoms with E-state index in [2.05, 4.69) is 50.3 Å². The zero-order chi connectivity index (χ0) is 11.6. The van der Waals surface area contributed by atoms with Crippen molar-refractivity contribution in [1.82, 2.24) is 0 Å². The first-order valence-corrected chi connectivity index (χ1v) is 6.39. The van der Waals surface area contributed by atoms with Crippen LogP contribution in [-0.2, 0) is 25.8 Å². The van der Waals surface area contributed by atoms with Crippen molar-refractivity contribution in [2.45, 2.75) is 52.4 Å². The van der Waals surface area contributed by atoms with Gasteiger partial charge in [-0.2, -0.15) is 12.2 Å². The predicted octanol–water partition coefficient (Wildman–Crippen LogP) is -1.04. The van der Waals surface area contributed by atoms with E-state index >= 15 is 0 Å². The van der Waals surface area contributed by atoms with E-state index in [4.69, 9.17) is 0 Å². The Morgan fingerprint density at radius 3 is 1.42 bits per heavy atom. The second-order valence-electron chi connectivity index (χ2n) is 4.12. The van der Waals surface area contributed by atoms with E-state index in [-0.39, 0.29) is 73.8 Å². The van der Waals surface area contributed by atoms with Gasteiger partial charge in [-0.1, -0.05) is 39.5 Å². The fraction of sp³-hybridized carbons (Fsp3) is 0.500. The summed E-state index contributed by atoms with van der Waals surface area (Å²) in [7, 11) is 0. The summed E-state index contributed by atoms with van der Waals surface area (Å²) >= 11 is 0. The second-order valence-corrected chi connectivity index (χ2v) is 4.12. The first-order chi connectivity index (χ1) is 7.86. The van der Waals surface area contributed by atoms with Crippen LogP contribution in [0.4, 0.5) is 0 Å². The molecule has 19 heavy (non-hydrogen) atoms. The molecule has 0 saturated heterocycles. The maximum absolute atomic E-state index is 3.26. The van der Waals surface area contributed by atoms with Crippen LogP contribution in [0.1, 0.15) is 52.4 Å². The van der Waals surface area contributed by atoms with Gasteiger partial charge in [-0.3, -0.25) is 12.2 Å². The molecule has 0 fully saturated rings. The molecule has 0 aliphatic heterocycles. The molecule has 2 rings (SSSR count). The average Bonchev–Trinajstić information content (AvgIpc) is 2.92. The first-order valence-electron chi connectivity index (χ1n) is 6.39. The summed E-state index contributed by atoms with van der Waals surface area (Å²) in [5, 5.41) is 0. The third-order valence-electron chi connectivity index (χ3n) is 2.57. The molecule has 0 amide bonds. The van der Waals surface area contributed by atoms with Gasteiger partial charge in [0.15, 0.2) is 0 Å². The third-order valence-corrected chi connectivity index (χ3v) is 2.57. The molecule has 104 valence electrons. The van der Waals surface area contributed by atoms with Crippen LogP contribution in [0, 0.1) is 12.2 Å². The van der Waals surface area contributed by atoms with Gasteiger partial charge >= 0.3 is 25.8 Å². The Kier molecular flexibility index (Phi) is 23.1. The Labute approximate surface area is 172 Å². The van der Waals surface area contributed by atoms with Gasteiger partial charge in [0.25, 0.3) is 0 Å². The smallest absolute Gasteiger partial charge is 1.00 e. The summed E-state index contributed by atoms with van der Waals surface area (Å²) < 4.78 is 0. The van der Waals surface area contributed by atoms with Gasteiger partial charge in [0, 0.05) is 0 Å². The second kappa shape index (κ2) is 17.3. The molecule has 0 bridgehead atoms. The molecule has 0 saturated carbocycles. The fourth-order valence-corrected chi connectivity index (χ4v) is 1.78. The minimum absolute atomic E-state index is 0. The summed E-state index contributed by atoms with van der Waals surface area (Å²) in [5.74, 6) is 0. The van der Waals surface area contributed by atoms with Gasteiger partial charge in [0.2, 0.25) is 0 Å². The van der Waals surface area contributed by atoms with E-state index in [9.17, 15) is 0 Å². The Morgan fingerprint density at radius 1 is 0.842 bits per heavy atom. The monoisotopic (exact) mass is 648 g/mol. The Balaban J connectivity index is -0.000000233. The predicted molar refractivity (Wildman–Crippen MR) is 70.8 cm³/mol. The molecule has 2 aliphatic rings. The largest absolute Gasteiger partial charge is 4.00 e. The summed E-state index contributed by atoms with van der Waals surface area (Å²) in [4.78, 5) is 0. The fourth-order valence-electron chi connectivity index (χ4n) is 1.78. The molecule has 0 atom stereocenters. The van der Waals surface area contributed by atoms with Gasteiger partial charge in [0.05, 0.1) is 0 Å². The molecule has 3 heteroatoms. The molecule has 0 N–H and O–H groups in total. The van der Waals surface area contributed by atoms with E-state index in [1.165, 1.54) is 36.8 Å². The minimum Gasteiger partial charge on any atom is -1.00 e. The van der Waals surface area contributed by atoms with Crippen LogP contribution in [0.2, 0.25) is 0 Å². The zero-order valence-corrected chi connectivity index (χ0v) is 19.7. The molecule has 0 nitrogen and oxygen atoms in total. The Bertz CT molecular complexity index is 283. The summed E-state index contributed by atoms with van der Waals surface area (Å²) in [6, 6.07) is 0. The van der Waals surface area contributed by atoms with Crippen molar-refractivity contribution in [3.63, 3.8) is 0 Å². The van der Waals surface area contributed by atoms with Crippen LogP contribution >= 0.6 is 0 Å². The summed E-state index contributed by atoms with van der Waals surface area (Å²) in [6.07, 6.45) is 22.2. The van der Waals surface area contributed by atoms with Gasteiger partial charge < -0.3 is 48.0 Å². The molecule has 0 unspecified atom stereocenters. The van der Waals surface area contributed by atoms with Crippen molar-refractivity contribution in [2.24, 2.45) is 0 Å². The van der Waals surface area contributed by atoms with Gasteiger partial charge in [-0.05, 0) is 0 Å². The van der Waals surface area contributed by atoms with Crippen molar-refractivity contribution in [2.75, 3.05) is 0 Å². The summed E-state index contributed by atoms with van der Waals surface area (Å²) in [5.41, 5.74) is 2.79. The van der Waals surface area contributed by atoms with E-state index in [1.807, 2.05) is 0 Å². The van der Waals surface area contributed by atoms with Crippen LogP contribution in [0.5, 0.6) is 0 Å². The van der Waals surface area contributed by atoms with Crippen LogP contribution in [-0.4, -0.2) is 0 Å². The molecule has 0 aromatic heterocycles. The van der Waals surface area contributed by atoms with Crippen molar-refractivity contribution in [3.8, 4) is 0 Å². The minimum atomic E-state index is 0. The number of hydrogen-bond donors (Lipinski definition) is 0. The molecule has 0 heterocycles. The standard InChI is InChI=1S/2C8H11.Hf.2HI/c2*1-2-5-8-6-3-4-7-8;;;/h2*3,6H,2,4-5H2,1H3;;2*1H/q2*-1;+4;;/p-2. The molecular weight excluding hydrogens is 624 g/mol. The van der Waals surface area contributed by atoms with Crippen molar-refractivity contribution in [3.05, 3.63) is 47.6 Å². The number of allylic oxidation sites excluding steroid dienone is 8. The van der Waals surface area contributed by atoms with E-state index in [0.717, 1.165) is 12.8 Å². The van der Waals surface area contributed by atoms with Crippen LogP contribution < -0.4 is 48.0 Å². The molecule has 2 aliphatic carbocycles. The van der Waals surface area contributed by atoms with Crippen LogP contribution in [0.3, 0.4) is 0 Å². The molecule has 0 aromatic rings. The third kappa shape index (κ3) is 12.7. The molecule has 0 aromatic carbocycles. The van der Waals surface area contributed by atoms with Gasteiger partial charge in [0.1, 0.15) is 0 Å². The first kappa shape index (κ1) is 25.3.